The van der Waals surface area contributed by atoms with Crippen molar-refractivity contribution in [1.29, 1.82) is 0 Å². The smallest absolute Gasteiger partial charge is 0.278 e. The van der Waals surface area contributed by atoms with Crippen LogP contribution in [0.15, 0.2) is 47.7 Å². The van der Waals surface area contributed by atoms with Crippen molar-refractivity contribution in [3.8, 4) is 0 Å². The third-order valence-electron chi connectivity index (χ3n) is 2.64. The zero-order chi connectivity index (χ0) is 15.3. The molecule has 0 unspecified atom stereocenters. The first kappa shape index (κ1) is 14.9. The summed E-state index contributed by atoms with van der Waals surface area (Å²) >= 11 is 0. The molecule has 7 nitrogen and oxygen atoms in total. The average molecular weight is 307 g/mol. The van der Waals surface area contributed by atoms with Crippen LogP contribution in [-0.2, 0) is 27.1 Å². The Hall–Kier alpha value is -2.48. The number of rotatable bonds is 6. The van der Waals surface area contributed by atoms with Gasteiger partial charge < -0.3 is 4.79 Å². The van der Waals surface area contributed by atoms with Crippen LogP contribution in [0.3, 0.4) is 0 Å². The minimum absolute atomic E-state index is 0.180. The van der Waals surface area contributed by atoms with Crippen molar-refractivity contribution in [2.24, 2.45) is 0 Å². The number of carbonyl (C=O) groups excluding carboxylic acids is 1. The number of nitrogens with zero attached hydrogens (tertiary/aromatic N) is 2. The van der Waals surface area contributed by atoms with E-state index in [4.69, 9.17) is 0 Å². The van der Waals surface area contributed by atoms with Gasteiger partial charge in [-0.15, -0.1) is 0 Å². The molecule has 0 saturated carbocycles. The van der Waals surface area contributed by atoms with Crippen LogP contribution < -0.4 is 10.3 Å². The maximum atomic E-state index is 12.0. The maximum absolute atomic E-state index is 12.0. The molecule has 0 aliphatic carbocycles. The second-order valence-electron chi connectivity index (χ2n) is 4.28. The van der Waals surface area contributed by atoms with Gasteiger partial charge in [0.1, 0.15) is 12.0 Å². The van der Waals surface area contributed by atoms with Gasteiger partial charge in [0, 0.05) is 0 Å². The number of aldehydes is 1. The molecular weight excluding hydrogens is 294 g/mol. The van der Waals surface area contributed by atoms with E-state index in [1.807, 2.05) is 0 Å². The lowest BCUT2D eigenvalue weighted by Crippen LogP contribution is -2.27. The van der Waals surface area contributed by atoms with Crippen LogP contribution in [0.1, 0.15) is 5.56 Å². The highest BCUT2D eigenvalue weighted by Crippen LogP contribution is 2.08. The Balaban J connectivity index is 2.23. The van der Waals surface area contributed by atoms with Gasteiger partial charge in [-0.05, 0) is 5.56 Å². The van der Waals surface area contributed by atoms with Gasteiger partial charge in [0.2, 0.25) is 10.0 Å². The minimum atomic E-state index is -3.73. The van der Waals surface area contributed by atoms with Gasteiger partial charge in [-0.1, -0.05) is 30.3 Å². The fraction of sp³-hybridized carbons (Fsp3) is 0.154. The highest BCUT2D eigenvalue weighted by molar-refractivity contribution is 7.91. The molecule has 0 atom stereocenters. The predicted octanol–water partition coefficient (Wildman–Crippen LogP) is 0.384. The standard InChI is InChI=1S/C13H13N3O4S/c17-7-6-16-10-14-8-12(13(16)18)15-21(19,20)9-11-4-2-1-3-5-11/h1-5,7-8,10,15H,6,9H2. The Bertz CT molecular complexity index is 785. The highest BCUT2D eigenvalue weighted by atomic mass is 32.2. The summed E-state index contributed by atoms with van der Waals surface area (Å²) in [5, 5.41) is 0. The van der Waals surface area contributed by atoms with Crippen molar-refractivity contribution in [1.82, 2.24) is 9.55 Å². The van der Waals surface area contributed by atoms with Gasteiger partial charge in [0.25, 0.3) is 5.56 Å². The summed E-state index contributed by atoms with van der Waals surface area (Å²) < 4.78 is 27.3. The number of sulfonamides is 1. The lowest BCUT2D eigenvalue weighted by molar-refractivity contribution is -0.108. The third-order valence-corrected chi connectivity index (χ3v) is 3.88. The number of anilines is 1. The molecule has 21 heavy (non-hydrogen) atoms. The van der Waals surface area contributed by atoms with Crippen LogP contribution in [0.4, 0.5) is 5.69 Å². The van der Waals surface area contributed by atoms with E-state index in [1.54, 1.807) is 30.3 Å². The SMILES string of the molecule is O=CCn1cncc(NS(=O)(=O)Cc2ccccc2)c1=O. The van der Waals surface area contributed by atoms with E-state index in [-0.39, 0.29) is 18.0 Å². The van der Waals surface area contributed by atoms with Crippen molar-refractivity contribution in [2.75, 3.05) is 4.72 Å². The Morgan fingerprint density at radius 1 is 1.24 bits per heavy atom. The molecule has 8 heteroatoms. The fourth-order valence-corrected chi connectivity index (χ4v) is 2.91. The molecule has 1 heterocycles. The molecule has 2 rings (SSSR count). The van der Waals surface area contributed by atoms with Gasteiger partial charge in [-0.25, -0.2) is 13.4 Å². The lowest BCUT2D eigenvalue weighted by Gasteiger charge is -2.08. The van der Waals surface area contributed by atoms with E-state index in [0.29, 0.717) is 11.8 Å². The molecule has 0 radical (unpaired) electrons. The van der Waals surface area contributed by atoms with Crippen LogP contribution in [0.5, 0.6) is 0 Å². The number of nitrogens with one attached hydrogen (secondary N) is 1. The predicted molar refractivity (Wildman–Crippen MR) is 77.2 cm³/mol. The molecule has 0 bridgehead atoms. The Morgan fingerprint density at radius 3 is 2.62 bits per heavy atom. The van der Waals surface area contributed by atoms with Gasteiger partial charge in [-0.2, -0.15) is 0 Å². The van der Waals surface area contributed by atoms with Gasteiger partial charge in [0.15, 0.2) is 0 Å². The summed E-state index contributed by atoms with van der Waals surface area (Å²) in [4.78, 5) is 26.1. The van der Waals surface area contributed by atoms with Crippen molar-refractivity contribution >= 4 is 22.0 Å². The summed E-state index contributed by atoms with van der Waals surface area (Å²) in [7, 11) is -3.73. The minimum Gasteiger partial charge on any atom is -0.301 e. The second kappa shape index (κ2) is 6.31. The van der Waals surface area contributed by atoms with Gasteiger partial charge in [-0.3, -0.25) is 14.1 Å². The summed E-state index contributed by atoms with van der Waals surface area (Å²) in [5.41, 5.74) is -0.203. The summed E-state index contributed by atoms with van der Waals surface area (Å²) in [5.74, 6) is -0.254. The molecular formula is C13H13N3O4S. The van der Waals surface area contributed by atoms with E-state index < -0.39 is 15.6 Å². The number of hydrogen-bond acceptors (Lipinski definition) is 5. The zero-order valence-corrected chi connectivity index (χ0v) is 11.8. The average Bonchev–Trinajstić information content (AvgIpc) is 2.44. The van der Waals surface area contributed by atoms with Crippen LogP contribution in [-0.4, -0.2) is 24.3 Å². The Kier molecular flexibility index (Phi) is 4.49. The van der Waals surface area contributed by atoms with Crippen LogP contribution >= 0.6 is 0 Å². The molecule has 1 N–H and O–H groups in total. The largest absolute Gasteiger partial charge is 0.301 e. The monoisotopic (exact) mass is 307 g/mol. The first-order valence-corrected chi connectivity index (χ1v) is 7.69. The van der Waals surface area contributed by atoms with Crippen molar-refractivity contribution in [2.45, 2.75) is 12.3 Å². The lowest BCUT2D eigenvalue weighted by atomic mass is 10.2. The molecule has 1 aromatic carbocycles. The molecule has 1 aromatic heterocycles. The normalized spacial score (nSPS) is 11.0. The molecule has 0 saturated heterocycles. The van der Waals surface area contributed by atoms with Crippen LogP contribution in [0.2, 0.25) is 0 Å². The first-order valence-electron chi connectivity index (χ1n) is 6.04. The van der Waals surface area contributed by atoms with Crippen molar-refractivity contribution in [3.63, 3.8) is 0 Å². The number of carbonyl (C=O) groups is 1. The number of benzene rings is 1. The van der Waals surface area contributed by atoms with Crippen LogP contribution in [0, 0.1) is 0 Å². The molecule has 0 fully saturated rings. The maximum Gasteiger partial charge on any atom is 0.278 e. The number of hydrogen-bond donors (Lipinski definition) is 1. The fourth-order valence-electron chi connectivity index (χ4n) is 1.73. The summed E-state index contributed by atoms with van der Waals surface area (Å²) in [6.45, 7) is -0.180. The van der Waals surface area contributed by atoms with E-state index in [0.717, 1.165) is 10.8 Å². The van der Waals surface area contributed by atoms with E-state index in [9.17, 15) is 18.0 Å². The third kappa shape index (κ3) is 3.99. The van der Waals surface area contributed by atoms with E-state index in [2.05, 4.69) is 9.71 Å². The second-order valence-corrected chi connectivity index (χ2v) is 6.00. The molecule has 0 amide bonds. The Labute approximate surface area is 121 Å². The molecule has 0 aliphatic heterocycles. The van der Waals surface area contributed by atoms with Gasteiger partial charge in [0.05, 0.1) is 24.8 Å². The van der Waals surface area contributed by atoms with Crippen LogP contribution in [0.25, 0.3) is 0 Å². The number of aromatic nitrogens is 2. The summed E-state index contributed by atoms with van der Waals surface area (Å²) in [6, 6.07) is 8.58. The van der Waals surface area contributed by atoms with Crippen molar-refractivity contribution in [3.05, 3.63) is 58.8 Å². The van der Waals surface area contributed by atoms with Crippen molar-refractivity contribution < 1.29 is 13.2 Å². The topological polar surface area (TPSA) is 98.1 Å². The molecule has 110 valence electrons. The van der Waals surface area contributed by atoms with E-state index in [1.165, 1.54) is 6.33 Å². The molecule has 0 spiro atoms. The molecule has 2 aromatic rings. The quantitative estimate of drug-likeness (QED) is 0.778. The summed E-state index contributed by atoms with van der Waals surface area (Å²) in [6.07, 6.45) is 2.82. The van der Waals surface area contributed by atoms with Gasteiger partial charge >= 0.3 is 0 Å². The van der Waals surface area contributed by atoms with E-state index >= 15 is 0 Å². The first-order chi connectivity index (χ1) is 10.0. The highest BCUT2D eigenvalue weighted by Gasteiger charge is 2.14. The zero-order valence-electron chi connectivity index (χ0n) is 11.0. The Morgan fingerprint density at radius 2 is 1.95 bits per heavy atom. The molecule has 0 aliphatic rings.